The molecule has 1 heterocycles. The maximum Gasteiger partial charge on any atom is 0.269 e. The fraction of sp³-hybridized carbons (Fsp3) is 0.250. The van der Waals surface area contributed by atoms with E-state index in [2.05, 4.69) is 10.4 Å². The Morgan fingerprint density at radius 1 is 1.33 bits per heavy atom. The van der Waals surface area contributed by atoms with Gasteiger partial charge in [-0.2, -0.15) is 5.10 Å². The minimum Gasteiger partial charge on any atom is -0.311 e. The van der Waals surface area contributed by atoms with Gasteiger partial charge in [0.1, 0.15) is 0 Å². The van der Waals surface area contributed by atoms with Crippen LogP contribution in [0.4, 0.5) is 5.69 Å². The van der Waals surface area contributed by atoms with Gasteiger partial charge in [0.2, 0.25) is 0 Å². The van der Waals surface area contributed by atoms with Crippen molar-refractivity contribution in [3.63, 3.8) is 0 Å². The second-order valence-corrected chi connectivity index (χ2v) is 3.87. The molecule has 0 radical (unpaired) electrons. The molecule has 0 amide bonds. The quantitative estimate of drug-likeness (QED) is 0.477. The van der Waals surface area contributed by atoms with Crippen LogP contribution in [-0.4, -0.2) is 21.2 Å². The monoisotopic (exact) mass is 246 g/mol. The summed E-state index contributed by atoms with van der Waals surface area (Å²) in [4.78, 5) is 10.1. The third-order valence-corrected chi connectivity index (χ3v) is 2.55. The van der Waals surface area contributed by atoms with Gasteiger partial charge < -0.3 is 5.32 Å². The van der Waals surface area contributed by atoms with Crippen molar-refractivity contribution in [3.05, 3.63) is 58.4 Å². The molecule has 0 aliphatic rings. The van der Waals surface area contributed by atoms with Gasteiger partial charge in [-0.05, 0) is 11.6 Å². The minimum atomic E-state index is -0.394. The Labute approximate surface area is 104 Å². The summed E-state index contributed by atoms with van der Waals surface area (Å²) in [5, 5.41) is 17.8. The van der Waals surface area contributed by atoms with E-state index in [-0.39, 0.29) is 5.69 Å². The third kappa shape index (κ3) is 3.39. The lowest BCUT2D eigenvalue weighted by atomic mass is 10.2. The molecule has 0 atom stereocenters. The summed E-state index contributed by atoms with van der Waals surface area (Å²) >= 11 is 0. The Bertz CT molecular complexity index is 493. The average Bonchev–Trinajstić information content (AvgIpc) is 2.88. The summed E-state index contributed by atoms with van der Waals surface area (Å²) in [6, 6.07) is 8.45. The lowest BCUT2D eigenvalue weighted by Gasteiger charge is -2.05. The molecule has 0 saturated heterocycles. The molecule has 1 N–H and O–H groups in total. The van der Waals surface area contributed by atoms with Gasteiger partial charge in [0.25, 0.3) is 5.69 Å². The summed E-state index contributed by atoms with van der Waals surface area (Å²) in [6.07, 6.45) is 3.66. The molecule has 0 aliphatic heterocycles. The van der Waals surface area contributed by atoms with E-state index in [0.717, 1.165) is 18.7 Å². The number of nitrogens with zero attached hydrogens (tertiary/aromatic N) is 3. The Morgan fingerprint density at radius 3 is 2.72 bits per heavy atom. The van der Waals surface area contributed by atoms with Crippen LogP contribution in [0.3, 0.4) is 0 Å². The molecule has 1 aromatic heterocycles. The summed E-state index contributed by atoms with van der Waals surface area (Å²) in [6.45, 7) is 2.30. The first kappa shape index (κ1) is 12.3. The molecule has 0 unspecified atom stereocenters. The summed E-state index contributed by atoms with van der Waals surface area (Å²) in [5.41, 5.74) is 1.15. The smallest absolute Gasteiger partial charge is 0.269 e. The number of nitro benzene ring substituents is 1. The number of nitro groups is 1. The third-order valence-electron chi connectivity index (χ3n) is 2.55. The van der Waals surface area contributed by atoms with Gasteiger partial charge >= 0.3 is 0 Å². The molecular weight excluding hydrogens is 232 g/mol. The fourth-order valence-electron chi connectivity index (χ4n) is 1.59. The Morgan fingerprint density at radius 2 is 2.11 bits per heavy atom. The molecule has 6 heteroatoms. The molecule has 6 nitrogen and oxygen atoms in total. The molecule has 2 aromatic rings. The number of nitrogens with one attached hydrogen (secondary N) is 1. The van der Waals surface area contributed by atoms with Crippen LogP contribution >= 0.6 is 0 Å². The van der Waals surface area contributed by atoms with Crippen molar-refractivity contribution in [2.24, 2.45) is 0 Å². The normalized spacial score (nSPS) is 10.4. The molecule has 0 saturated carbocycles. The Hall–Kier alpha value is -2.21. The van der Waals surface area contributed by atoms with E-state index in [1.807, 2.05) is 16.9 Å². The van der Waals surface area contributed by atoms with Crippen molar-refractivity contribution in [1.29, 1.82) is 0 Å². The van der Waals surface area contributed by atoms with Crippen LogP contribution in [-0.2, 0) is 13.1 Å². The molecule has 1 aromatic carbocycles. The minimum absolute atomic E-state index is 0.121. The van der Waals surface area contributed by atoms with Crippen molar-refractivity contribution in [3.8, 4) is 0 Å². The highest BCUT2D eigenvalue weighted by Gasteiger charge is 2.03. The first-order chi connectivity index (χ1) is 8.75. The lowest BCUT2D eigenvalue weighted by Crippen LogP contribution is -2.19. The predicted octanol–water partition coefficient (Wildman–Crippen LogP) is 1.58. The molecule has 0 bridgehead atoms. The fourth-order valence-corrected chi connectivity index (χ4v) is 1.59. The number of benzene rings is 1. The summed E-state index contributed by atoms with van der Waals surface area (Å²) < 4.78 is 1.85. The van der Waals surface area contributed by atoms with E-state index in [1.54, 1.807) is 18.3 Å². The van der Waals surface area contributed by atoms with Gasteiger partial charge in [0, 0.05) is 37.6 Å². The van der Waals surface area contributed by atoms with E-state index < -0.39 is 4.92 Å². The van der Waals surface area contributed by atoms with E-state index in [1.165, 1.54) is 12.1 Å². The maximum absolute atomic E-state index is 10.5. The lowest BCUT2D eigenvalue weighted by molar-refractivity contribution is -0.384. The highest BCUT2D eigenvalue weighted by molar-refractivity contribution is 5.32. The number of rotatable bonds is 6. The van der Waals surface area contributed by atoms with Crippen molar-refractivity contribution >= 4 is 5.69 Å². The van der Waals surface area contributed by atoms with Crippen LogP contribution in [0.2, 0.25) is 0 Å². The van der Waals surface area contributed by atoms with E-state index in [0.29, 0.717) is 6.54 Å². The first-order valence-corrected chi connectivity index (χ1v) is 5.67. The largest absolute Gasteiger partial charge is 0.311 e. The molecule has 94 valence electrons. The predicted molar refractivity (Wildman–Crippen MR) is 67.0 cm³/mol. The van der Waals surface area contributed by atoms with Gasteiger partial charge in [0.15, 0.2) is 0 Å². The zero-order valence-electron chi connectivity index (χ0n) is 9.82. The van der Waals surface area contributed by atoms with Gasteiger partial charge in [-0.25, -0.2) is 0 Å². The molecule has 18 heavy (non-hydrogen) atoms. The van der Waals surface area contributed by atoms with Crippen molar-refractivity contribution in [1.82, 2.24) is 15.1 Å². The highest BCUT2D eigenvalue weighted by Crippen LogP contribution is 2.11. The SMILES string of the molecule is O=[N+]([O-])c1ccc(CNCCn2cccn2)cc1. The molecular formula is C12H14N4O2. The van der Waals surface area contributed by atoms with Crippen LogP contribution < -0.4 is 5.32 Å². The Kier molecular flexibility index (Phi) is 4.03. The topological polar surface area (TPSA) is 73.0 Å². The van der Waals surface area contributed by atoms with Crippen molar-refractivity contribution in [2.75, 3.05) is 6.54 Å². The average molecular weight is 246 g/mol. The number of aromatic nitrogens is 2. The highest BCUT2D eigenvalue weighted by atomic mass is 16.6. The van der Waals surface area contributed by atoms with Gasteiger partial charge in [0.05, 0.1) is 11.5 Å². The first-order valence-electron chi connectivity index (χ1n) is 5.67. The standard InChI is InChI=1S/C12H14N4O2/c17-16(18)12-4-2-11(3-5-12)10-13-7-9-15-8-1-6-14-15/h1-6,8,13H,7,9-10H2. The van der Waals surface area contributed by atoms with Crippen LogP contribution in [0.1, 0.15) is 5.56 Å². The second-order valence-electron chi connectivity index (χ2n) is 3.87. The number of hydrogen-bond acceptors (Lipinski definition) is 4. The molecule has 0 spiro atoms. The van der Waals surface area contributed by atoms with E-state index >= 15 is 0 Å². The number of non-ortho nitro benzene ring substituents is 1. The second kappa shape index (κ2) is 5.92. The Balaban J connectivity index is 1.75. The van der Waals surface area contributed by atoms with Gasteiger partial charge in [-0.15, -0.1) is 0 Å². The number of hydrogen-bond donors (Lipinski definition) is 1. The molecule has 2 rings (SSSR count). The molecule has 0 aliphatic carbocycles. The van der Waals surface area contributed by atoms with Crippen LogP contribution in [0.25, 0.3) is 0 Å². The van der Waals surface area contributed by atoms with Crippen LogP contribution in [0.15, 0.2) is 42.7 Å². The molecule has 0 fully saturated rings. The van der Waals surface area contributed by atoms with Gasteiger partial charge in [-0.1, -0.05) is 12.1 Å². The zero-order chi connectivity index (χ0) is 12.8. The van der Waals surface area contributed by atoms with E-state index in [9.17, 15) is 10.1 Å². The van der Waals surface area contributed by atoms with Crippen molar-refractivity contribution < 1.29 is 4.92 Å². The van der Waals surface area contributed by atoms with Gasteiger partial charge in [-0.3, -0.25) is 14.8 Å². The zero-order valence-corrected chi connectivity index (χ0v) is 9.82. The van der Waals surface area contributed by atoms with E-state index in [4.69, 9.17) is 0 Å². The van der Waals surface area contributed by atoms with Crippen LogP contribution in [0.5, 0.6) is 0 Å². The van der Waals surface area contributed by atoms with Crippen LogP contribution in [0, 0.1) is 10.1 Å². The summed E-state index contributed by atoms with van der Waals surface area (Å²) in [5.74, 6) is 0. The maximum atomic E-state index is 10.5. The summed E-state index contributed by atoms with van der Waals surface area (Å²) in [7, 11) is 0. The van der Waals surface area contributed by atoms with Crippen molar-refractivity contribution in [2.45, 2.75) is 13.1 Å².